The van der Waals surface area contributed by atoms with E-state index in [0.29, 0.717) is 5.56 Å². The summed E-state index contributed by atoms with van der Waals surface area (Å²) in [6.07, 6.45) is -0.756. The first kappa shape index (κ1) is 18.1. The Hall–Kier alpha value is -2.66. The average Bonchev–Trinajstić information content (AvgIpc) is 2.90. The smallest absolute Gasteiger partial charge is 0.313 e. The van der Waals surface area contributed by atoms with E-state index in [1.54, 1.807) is 31.2 Å². The molecule has 26 heavy (non-hydrogen) atoms. The van der Waals surface area contributed by atoms with Crippen molar-refractivity contribution in [2.75, 3.05) is 7.11 Å². The molecule has 0 bridgehead atoms. The highest BCUT2D eigenvalue weighted by Gasteiger charge is 2.58. The Morgan fingerprint density at radius 1 is 1.15 bits per heavy atom. The van der Waals surface area contributed by atoms with Crippen LogP contribution in [0.5, 0.6) is 0 Å². The van der Waals surface area contributed by atoms with Crippen LogP contribution in [0.3, 0.4) is 0 Å². The van der Waals surface area contributed by atoms with Crippen LogP contribution in [0.25, 0.3) is 0 Å². The molecule has 0 saturated carbocycles. The van der Waals surface area contributed by atoms with Crippen molar-refractivity contribution in [2.24, 2.45) is 5.92 Å². The lowest BCUT2D eigenvalue weighted by atomic mass is 9.70. The number of methoxy groups -OCH3 is 1. The summed E-state index contributed by atoms with van der Waals surface area (Å²) in [6, 6.07) is 18.2. The number of aliphatic hydroxyl groups is 1. The van der Waals surface area contributed by atoms with Gasteiger partial charge in [0.15, 0.2) is 0 Å². The average molecular weight is 354 g/mol. The predicted octanol–water partition coefficient (Wildman–Crippen LogP) is 2.78. The first-order chi connectivity index (χ1) is 12.5. The third-order valence-electron chi connectivity index (χ3n) is 5.12. The maximum absolute atomic E-state index is 12.7. The van der Waals surface area contributed by atoms with Crippen molar-refractivity contribution >= 4 is 11.9 Å². The van der Waals surface area contributed by atoms with Gasteiger partial charge in [0.25, 0.3) is 0 Å². The van der Waals surface area contributed by atoms with Crippen molar-refractivity contribution in [3.05, 3.63) is 71.8 Å². The van der Waals surface area contributed by atoms with Crippen LogP contribution < -0.4 is 0 Å². The lowest BCUT2D eigenvalue weighted by Crippen LogP contribution is -2.43. The summed E-state index contributed by atoms with van der Waals surface area (Å²) in [6.45, 7) is 1.67. The second-order valence-electron chi connectivity index (χ2n) is 6.55. The number of hydrogen-bond acceptors (Lipinski definition) is 5. The van der Waals surface area contributed by atoms with Gasteiger partial charge in [0.2, 0.25) is 0 Å². The molecule has 1 aliphatic heterocycles. The molecule has 0 spiro atoms. The molecule has 0 amide bonds. The zero-order valence-corrected chi connectivity index (χ0v) is 14.8. The fraction of sp³-hybridized carbons (Fsp3) is 0.333. The molecule has 1 heterocycles. The molecule has 1 aliphatic rings. The lowest BCUT2D eigenvalue weighted by molar-refractivity contribution is -0.145. The van der Waals surface area contributed by atoms with Crippen LogP contribution in [0.4, 0.5) is 0 Å². The summed E-state index contributed by atoms with van der Waals surface area (Å²) >= 11 is 0. The van der Waals surface area contributed by atoms with Gasteiger partial charge >= 0.3 is 11.9 Å². The van der Waals surface area contributed by atoms with Gasteiger partial charge in [-0.15, -0.1) is 0 Å². The normalized spacial score (nSPS) is 26.2. The zero-order chi connectivity index (χ0) is 18.7. The van der Waals surface area contributed by atoms with Gasteiger partial charge in [-0.2, -0.15) is 0 Å². The summed E-state index contributed by atoms with van der Waals surface area (Å²) in [5, 5.41) is 11.6. The van der Waals surface area contributed by atoms with Gasteiger partial charge in [-0.1, -0.05) is 60.7 Å². The largest absolute Gasteiger partial charge is 0.469 e. The summed E-state index contributed by atoms with van der Waals surface area (Å²) in [7, 11) is 1.31. The number of esters is 2. The molecule has 1 saturated heterocycles. The minimum atomic E-state index is -1.53. The van der Waals surface area contributed by atoms with E-state index in [2.05, 4.69) is 0 Å². The van der Waals surface area contributed by atoms with E-state index in [9.17, 15) is 14.7 Å². The van der Waals surface area contributed by atoms with E-state index < -0.39 is 35.5 Å². The molecule has 4 atom stereocenters. The van der Waals surface area contributed by atoms with Crippen LogP contribution >= 0.6 is 0 Å². The maximum Gasteiger partial charge on any atom is 0.313 e. The third-order valence-corrected chi connectivity index (χ3v) is 5.12. The Morgan fingerprint density at radius 3 is 2.31 bits per heavy atom. The van der Waals surface area contributed by atoms with Crippen molar-refractivity contribution in [1.29, 1.82) is 0 Å². The summed E-state index contributed by atoms with van der Waals surface area (Å²) < 4.78 is 10.2. The van der Waals surface area contributed by atoms with Gasteiger partial charge in [-0.05, 0) is 18.1 Å². The van der Waals surface area contributed by atoms with Gasteiger partial charge in [-0.3, -0.25) is 9.59 Å². The van der Waals surface area contributed by atoms with Crippen molar-refractivity contribution in [3.8, 4) is 0 Å². The lowest BCUT2D eigenvalue weighted by Gasteiger charge is -2.34. The SMILES string of the molecule is COC(=O)CC(c1ccccc1)C1C(=O)OC(C)C1(O)c1ccccc1. The van der Waals surface area contributed by atoms with Crippen molar-refractivity contribution in [3.63, 3.8) is 0 Å². The van der Waals surface area contributed by atoms with Crippen LogP contribution in [0.15, 0.2) is 60.7 Å². The highest BCUT2D eigenvalue weighted by molar-refractivity contribution is 5.80. The number of cyclic esters (lactones) is 1. The van der Waals surface area contributed by atoms with Crippen molar-refractivity contribution in [1.82, 2.24) is 0 Å². The molecule has 0 radical (unpaired) electrons. The molecule has 0 aromatic heterocycles. The molecule has 1 fully saturated rings. The Balaban J connectivity index is 2.11. The van der Waals surface area contributed by atoms with E-state index in [1.807, 2.05) is 36.4 Å². The van der Waals surface area contributed by atoms with Gasteiger partial charge in [0.1, 0.15) is 17.6 Å². The summed E-state index contributed by atoms with van der Waals surface area (Å²) in [5.41, 5.74) is -0.162. The summed E-state index contributed by atoms with van der Waals surface area (Å²) in [4.78, 5) is 24.8. The standard InChI is InChI=1S/C21H22O5/c1-14-21(24,16-11-7-4-8-12-16)19(20(23)26-14)17(13-18(22)25-2)15-9-5-3-6-10-15/h3-12,14,17,19,24H,13H2,1-2H3. The van der Waals surface area contributed by atoms with E-state index in [1.165, 1.54) is 7.11 Å². The Labute approximate surface area is 152 Å². The van der Waals surface area contributed by atoms with Crippen molar-refractivity contribution in [2.45, 2.75) is 31.0 Å². The minimum absolute atomic E-state index is 0.0257. The van der Waals surface area contributed by atoms with Gasteiger partial charge < -0.3 is 14.6 Å². The summed E-state index contributed by atoms with van der Waals surface area (Å²) in [5.74, 6) is -2.43. The van der Waals surface area contributed by atoms with Crippen LogP contribution in [0.2, 0.25) is 0 Å². The van der Waals surface area contributed by atoms with E-state index in [4.69, 9.17) is 9.47 Å². The molecule has 4 unspecified atom stereocenters. The second kappa shape index (κ2) is 7.30. The number of carbonyl (C=O) groups excluding carboxylic acids is 2. The number of carbonyl (C=O) groups is 2. The molecular weight excluding hydrogens is 332 g/mol. The monoisotopic (exact) mass is 354 g/mol. The molecule has 5 nitrogen and oxygen atoms in total. The number of rotatable bonds is 5. The molecule has 2 aromatic carbocycles. The topological polar surface area (TPSA) is 72.8 Å². The van der Waals surface area contributed by atoms with Crippen LogP contribution in [0.1, 0.15) is 30.4 Å². The maximum atomic E-state index is 12.7. The zero-order valence-electron chi connectivity index (χ0n) is 14.8. The molecular formula is C21H22O5. The molecule has 136 valence electrons. The van der Waals surface area contributed by atoms with Crippen LogP contribution in [-0.2, 0) is 24.7 Å². The molecule has 2 aromatic rings. The Bertz CT molecular complexity index is 774. The Kier molecular flexibility index (Phi) is 5.09. The van der Waals surface area contributed by atoms with E-state index in [0.717, 1.165) is 5.56 Å². The highest BCUT2D eigenvalue weighted by Crippen LogP contribution is 2.49. The molecule has 3 rings (SSSR count). The van der Waals surface area contributed by atoms with Crippen LogP contribution in [0, 0.1) is 5.92 Å². The fourth-order valence-corrected chi connectivity index (χ4v) is 3.75. The van der Waals surface area contributed by atoms with E-state index >= 15 is 0 Å². The Morgan fingerprint density at radius 2 is 1.73 bits per heavy atom. The van der Waals surface area contributed by atoms with Gasteiger partial charge in [0.05, 0.1) is 13.5 Å². The number of hydrogen-bond donors (Lipinski definition) is 1. The number of benzene rings is 2. The highest BCUT2D eigenvalue weighted by atomic mass is 16.6. The molecule has 5 heteroatoms. The van der Waals surface area contributed by atoms with Gasteiger partial charge in [-0.25, -0.2) is 0 Å². The molecule has 1 N–H and O–H groups in total. The second-order valence-corrected chi connectivity index (χ2v) is 6.55. The minimum Gasteiger partial charge on any atom is -0.469 e. The van der Waals surface area contributed by atoms with Gasteiger partial charge in [0, 0.05) is 5.92 Å². The predicted molar refractivity (Wildman–Crippen MR) is 95.2 cm³/mol. The first-order valence-electron chi connectivity index (χ1n) is 8.58. The van der Waals surface area contributed by atoms with Crippen LogP contribution in [-0.4, -0.2) is 30.3 Å². The fourth-order valence-electron chi connectivity index (χ4n) is 3.75. The third kappa shape index (κ3) is 3.10. The quantitative estimate of drug-likeness (QED) is 0.836. The number of ether oxygens (including phenoxy) is 2. The van der Waals surface area contributed by atoms with Crippen molar-refractivity contribution < 1.29 is 24.2 Å². The van der Waals surface area contributed by atoms with E-state index in [-0.39, 0.29) is 6.42 Å². The first-order valence-corrected chi connectivity index (χ1v) is 8.58. The molecule has 0 aliphatic carbocycles.